The maximum Gasteiger partial charge on any atom is 0.0345 e. The van der Waals surface area contributed by atoms with Gasteiger partial charge in [-0.25, -0.2) is 0 Å². The van der Waals surface area contributed by atoms with Crippen LogP contribution in [0.5, 0.6) is 0 Å². The Balaban J connectivity index is 1.78. The van der Waals surface area contributed by atoms with Gasteiger partial charge in [0.05, 0.1) is 0 Å². The van der Waals surface area contributed by atoms with E-state index in [1.807, 2.05) is 11.3 Å². The maximum atomic E-state index is 3.49. The number of nitrogens with one attached hydrogen (secondary N) is 1. The quantitative estimate of drug-likeness (QED) is 0.835. The van der Waals surface area contributed by atoms with Gasteiger partial charge in [-0.1, -0.05) is 18.2 Å². The summed E-state index contributed by atoms with van der Waals surface area (Å²) in [5.74, 6) is 0.849. The van der Waals surface area contributed by atoms with Crippen molar-refractivity contribution in [3.05, 3.63) is 35.2 Å². The number of piperidine rings is 1. The second-order valence-electron chi connectivity index (χ2n) is 4.67. The largest absolute Gasteiger partial charge is 0.316 e. The van der Waals surface area contributed by atoms with Crippen LogP contribution in [0.4, 0.5) is 0 Å². The van der Waals surface area contributed by atoms with Gasteiger partial charge < -0.3 is 5.32 Å². The predicted molar refractivity (Wildman–Crippen MR) is 71.1 cm³/mol. The zero-order chi connectivity index (χ0) is 10.8. The van der Waals surface area contributed by atoms with Gasteiger partial charge in [0.1, 0.15) is 0 Å². The lowest BCUT2D eigenvalue weighted by Gasteiger charge is -2.21. The molecule has 1 aliphatic rings. The molecule has 0 aliphatic carbocycles. The maximum absolute atomic E-state index is 3.49. The highest BCUT2D eigenvalue weighted by atomic mass is 32.1. The van der Waals surface area contributed by atoms with Gasteiger partial charge in [0.25, 0.3) is 0 Å². The third kappa shape index (κ3) is 2.13. The highest BCUT2D eigenvalue weighted by molar-refractivity contribution is 7.19. The Bertz CT molecular complexity index is 435. The average molecular weight is 231 g/mol. The summed E-state index contributed by atoms with van der Waals surface area (Å²) in [6.45, 7) is 2.41. The first-order valence-electron chi connectivity index (χ1n) is 6.10. The predicted octanol–water partition coefficient (Wildman–Crippen LogP) is 3.44. The van der Waals surface area contributed by atoms with Gasteiger partial charge in [-0.05, 0) is 55.8 Å². The molecule has 1 N–H and O–H groups in total. The number of benzene rings is 1. The number of hydrogen-bond acceptors (Lipinski definition) is 2. The van der Waals surface area contributed by atoms with Crippen molar-refractivity contribution < 1.29 is 0 Å². The van der Waals surface area contributed by atoms with Crippen LogP contribution in [0.2, 0.25) is 0 Å². The van der Waals surface area contributed by atoms with Gasteiger partial charge in [0, 0.05) is 9.58 Å². The summed E-state index contributed by atoms with van der Waals surface area (Å²) in [6.07, 6.45) is 3.99. The third-order valence-corrected chi connectivity index (χ3v) is 4.50. The second-order valence-corrected chi connectivity index (χ2v) is 5.84. The van der Waals surface area contributed by atoms with E-state index in [0.29, 0.717) is 0 Å². The van der Waals surface area contributed by atoms with E-state index in [1.165, 1.54) is 42.4 Å². The van der Waals surface area contributed by atoms with Crippen LogP contribution >= 0.6 is 11.3 Å². The molecule has 2 aromatic rings. The van der Waals surface area contributed by atoms with Crippen molar-refractivity contribution in [2.75, 3.05) is 13.1 Å². The van der Waals surface area contributed by atoms with E-state index in [0.717, 1.165) is 5.92 Å². The van der Waals surface area contributed by atoms with Crippen LogP contribution in [0.1, 0.15) is 17.7 Å². The SMILES string of the molecule is c1ccc2sc(C[C@H]3CCCNC3)cc2c1. The van der Waals surface area contributed by atoms with Crippen molar-refractivity contribution in [3.63, 3.8) is 0 Å². The monoisotopic (exact) mass is 231 g/mol. The van der Waals surface area contributed by atoms with E-state index < -0.39 is 0 Å². The van der Waals surface area contributed by atoms with E-state index in [-0.39, 0.29) is 0 Å². The molecule has 3 rings (SSSR count). The summed E-state index contributed by atoms with van der Waals surface area (Å²) >= 11 is 1.96. The molecular formula is C14H17NS. The van der Waals surface area contributed by atoms with Crippen LogP contribution in [0.3, 0.4) is 0 Å². The lowest BCUT2D eigenvalue weighted by molar-refractivity contribution is 0.378. The van der Waals surface area contributed by atoms with E-state index in [1.54, 1.807) is 4.88 Å². The van der Waals surface area contributed by atoms with Crippen LogP contribution < -0.4 is 5.32 Å². The molecule has 1 atom stereocenters. The fourth-order valence-electron chi connectivity index (χ4n) is 2.52. The van der Waals surface area contributed by atoms with Crippen molar-refractivity contribution in [3.8, 4) is 0 Å². The van der Waals surface area contributed by atoms with E-state index >= 15 is 0 Å². The highest BCUT2D eigenvalue weighted by Gasteiger charge is 2.14. The smallest absolute Gasteiger partial charge is 0.0345 e. The number of thiophene rings is 1. The molecule has 0 bridgehead atoms. The third-order valence-electron chi connectivity index (χ3n) is 3.37. The Kier molecular flexibility index (Phi) is 2.94. The summed E-state index contributed by atoms with van der Waals surface area (Å²) in [7, 11) is 0. The molecular weight excluding hydrogens is 214 g/mol. The van der Waals surface area contributed by atoms with Gasteiger partial charge in [0.15, 0.2) is 0 Å². The summed E-state index contributed by atoms with van der Waals surface area (Å²) in [4.78, 5) is 1.55. The zero-order valence-corrected chi connectivity index (χ0v) is 10.2. The first-order valence-corrected chi connectivity index (χ1v) is 6.91. The van der Waals surface area contributed by atoms with Crippen molar-refractivity contribution in [1.29, 1.82) is 0 Å². The van der Waals surface area contributed by atoms with E-state index in [2.05, 4.69) is 35.6 Å². The molecule has 1 aliphatic heterocycles. The van der Waals surface area contributed by atoms with Crippen molar-refractivity contribution in [2.45, 2.75) is 19.3 Å². The van der Waals surface area contributed by atoms with Crippen LogP contribution in [-0.4, -0.2) is 13.1 Å². The zero-order valence-electron chi connectivity index (χ0n) is 9.41. The molecule has 0 unspecified atom stereocenters. The fourth-order valence-corrected chi connectivity index (χ4v) is 3.70. The normalized spacial score (nSPS) is 21.4. The highest BCUT2D eigenvalue weighted by Crippen LogP contribution is 2.28. The Labute approximate surface area is 100 Å². The minimum absolute atomic E-state index is 0.849. The van der Waals surface area contributed by atoms with Crippen molar-refractivity contribution in [1.82, 2.24) is 5.32 Å². The number of fused-ring (bicyclic) bond motifs is 1. The molecule has 1 nitrogen and oxygen atoms in total. The van der Waals surface area contributed by atoms with Gasteiger partial charge in [-0.3, -0.25) is 0 Å². The molecule has 2 heteroatoms. The second kappa shape index (κ2) is 4.56. The number of hydrogen-bond donors (Lipinski definition) is 1. The van der Waals surface area contributed by atoms with Crippen LogP contribution in [0.25, 0.3) is 10.1 Å². The van der Waals surface area contributed by atoms with Crippen LogP contribution in [-0.2, 0) is 6.42 Å². The van der Waals surface area contributed by atoms with Gasteiger partial charge >= 0.3 is 0 Å². The van der Waals surface area contributed by atoms with Crippen molar-refractivity contribution >= 4 is 21.4 Å². The molecule has 84 valence electrons. The minimum atomic E-state index is 0.849. The molecule has 1 saturated heterocycles. The first kappa shape index (κ1) is 10.3. The minimum Gasteiger partial charge on any atom is -0.316 e. The number of rotatable bonds is 2. The summed E-state index contributed by atoms with van der Waals surface area (Å²) < 4.78 is 1.43. The Morgan fingerprint density at radius 2 is 2.25 bits per heavy atom. The van der Waals surface area contributed by atoms with E-state index in [9.17, 15) is 0 Å². The Hall–Kier alpha value is -0.860. The molecule has 0 radical (unpaired) electrons. The molecule has 1 aromatic carbocycles. The molecule has 2 heterocycles. The molecule has 1 fully saturated rings. The molecule has 0 spiro atoms. The Morgan fingerprint density at radius 3 is 3.06 bits per heavy atom. The van der Waals surface area contributed by atoms with Crippen LogP contribution in [0.15, 0.2) is 30.3 Å². The van der Waals surface area contributed by atoms with Crippen molar-refractivity contribution in [2.24, 2.45) is 5.92 Å². The standard InChI is InChI=1S/C14H17NS/c1-2-6-14-12(5-1)9-13(16-14)8-11-4-3-7-15-10-11/h1-2,5-6,9,11,15H,3-4,7-8,10H2/t11-/m1/s1. The van der Waals surface area contributed by atoms with E-state index in [4.69, 9.17) is 0 Å². The topological polar surface area (TPSA) is 12.0 Å². The summed E-state index contributed by atoms with van der Waals surface area (Å²) in [5, 5.41) is 4.90. The fraction of sp³-hybridized carbons (Fsp3) is 0.429. The lowest BCUT2D eigenvalue weighted by Crippen LogP contribution is -2.30. The van der Waals surface area contributed by atoms with Gasteiger partial charge in [0.2, 0.25) is 0 Å². The lowest BCUT2D eigenvalue weighted by atomic mass is 9.95. The molecule has 0 amide bonds. The molecule has 16 heavy (non-hydrogen) atoms. The average Bonchev–Trinajstić information content (AvgIpc) is 2.72. The molecule has 1 aromatic heterocycles. The first-order chi connectivity index (χ1) is 7.92. The Morgan fingerprint density at radius 1 is 1.31 bits per heavy atom. The van der Waals surface area contributed by atoms with Gasteiger partial charge in [-0.2, -0.15) is 0 Å². The summed E-state index contributed by atoms with van der Waals surface area (Å²) in [6, 6.07) is 11.1. The summed E-state index contributed by atoms with van der Waals surface area (Å²) in [5.41, 5.74) is 0. The molecule has 0 saturated carbocycles. The van der Waals surface area contributed by atoms with Gasteiger partial charge in [-0.15, -0.1) is 11.3 Å². The van der Waals surface area contributed by atoms with Crippen LogP contribution in [0, 0.1) is 5.92 Å².